The van der Waals surface area contributed by atoms with Gasteiger partial charge in [-0.25, -0.2) is 0 Å². The number of benzene rings is 1. The largest absolute Gasteiger partial charge is 0.507 e. The molecular formula is C22H24O4. The molecule has 4 atom stereocenters. The Balaban J connectivity index is 2.02. The molecule has 0 heterocycles. The number of carbonyl (C=O) groups excluding carboxylic acids is 2. The second-order valence-corrected chi connectivity index (χ2v) is 8.02. The molecule has 26 heavy (non-hydrogen) atoms. The summed E-state index contributed by atoms with van der Waals surface area (Å²) in [6.07, 6.45) is 8.16. The number of carbonyl (C=O) groups is 2. The van der Waals surface area contributed by atoms with Crippen LogP contribution >= 0.6 is 0 Å². The monoisotopic (exact) mass is 352 g/mol. The summed E-state index contributed by atoms with van der Waals surface area (Å²) >= 11 is 0. The summed E-state index contributed by atoms with van der Waals surface area (Å²) in [5.74, 6) is -0.926. The molecule has 5 rings (SSSR count). The molecule has 0 unspecified atom stereocenters. The van der Waals surface area contributed by atoms with Gasteiger partial charge in [-0.05, 0) is 45.1 Å². The maximum absolute atomic E-state index is 13.7. The van der Waals surface area contributed by atoms with Crippen LogP contribution < -0.4 is 0 Å². The number of phenolic OH excluding ortho intramolecular Hbond substituents is 1. The molecule has 0 radical (unpaired) electrons. The zero-order chi connectivity index (χ0) is 18.7. The van der Waals surface area contributed by atoms with Crippen molar-refractivity contribution in [2.24, 2.45) is 17.3 Å². The van der Waals surface area contributed by atoms with Crippen molar-refractivity contribution >= 4 is 11.6 Å². The van der Waals surface area contributed by atoms with E-state index in [4.69, 9.17) is 4.74 Å². The molecule has 0 aromatic heterocycles. The molecule has 4 nitrogen and oxygen atoms in total. The standard InChI is InChI=1S/C22H24O4/c1-13(2)7-12-22-14-8-10-21(26-3,11-9-14)19(22)18(24)17-15(20(22)25)5-4-6-16(17)23/h4-8,10,14,19,23H,9,11-12H2,1-3H3/t14-,19-,21-,22+/m0/s1. The fraction of sp³-hybridized carbons (Fsp3) is 0.455. The number of Topliss-reactive ketones (excluding diaryl/α,β-unsaturated/α-hetero) is 2. The third kappa shape index (κ3) is 1.99. The van der Waals surface area contributed by atoms with Crippen LogP contribution in [0, 0.1) is 17.3 Å². The van der Waals surface area contributed by atoms with Crippen molar-refractivity contribution in [3.63, 3.8) is 0 Å². The lowest BCUT2D eigenvalue weighted by atomic mass is 9.44. The molecule has 0 spiro atoms. The normalized spacial score (nSPS) is 34.4. The van der Waals surface area contributed by atoms with Gasteiger partial charge in [-0.15, -0.1) is 0 Å². The lowest BCUT2D eigenvalue weighted by Crippen LogP contribution is -2.65. The van der Waals surface area contributed by atoms with Crippen LogP contribution in [-0.2, 0) is 4.74 Å². The molecule has 4 aliphatic carbocycles. The topological polar surface area (TPSA) is 63.6 Å². The van der Waals surface area contributed by atoms with Gasteiger partial charge < -0.3 is 9.84 Å². The number of methoxy groups -OCH3 is 1. The van der Waals surface area contributed by atoms with Crippen LogP contribution in [0.5, 0.6) is 5.75 Å². The molecule has 4 heteroatoms. The Morgan fingerprint density at radius 3 is 2.73 bits per heavy atom. The van der Waals surface area contributed by atoms with Gasteiger partial charge >= 0.3 is 0 Å². The molecule has 1 aromatic carbocycles. The molecule has 4 aliphatic rings. The lowest BCUT2D eigenvalue weighted by Gasteiger charge is -2.59. The summed E-state index contributed by atoms with van der Waals surface area (Å²) in [7, 11) is 1.61. The van der Waals surface area contributed by atoms with Crippen molar-refractivity contribution in [2.75, 3.05) is 7.11 Å². The Kier molecular flexibility index (Phi) is 3.74. The maximum atomic E-state index is 13.7. The minimum atomic E-state index is -0.835. The van der Waals surface area contributed by atoms with Crippen LogP contribution in [0.2, 0.25) is 0 Å². The van der Waals surface area contributed by atoms with E-state index in [9.17, 15) is 14.7 Å². The molecule has 136 valence electrons. The molecular weight excluding hydrogens is 328 g/mol. The van der Waals surface area contributed by atoms with E-state index in [1.807, 2.05) is 19.9 Å². The molecule has 0 amide bonds. The van der Waals surface area contributed by atoms with E-state index in [1.54, 1.807) is 19.2 Å². The first-order valence-corrected chi connectivity index (χ1v) is 9.16. The van der Waals surface area contributed by atoms with E-state index >= 15 is 0 Å². The van der Waals surface area contributed by atoms with Gasteiger partial charge in [0, 0.05) is 12.7 Å². The van der Waals surface area contributed by atoms with Crippen LogP contribution in [0.4, 0.5) is 0 Å². The molecule has 0 saturated heterocycles. The van der Waals surface area contributed by atoms with E-state index in [0.29, 0.717) is 18.4 Å². The number of ketones is 2. The van der Waals surface area contributed by atoms with Crippen LogP contribution in [0.1, 0.15) is 53.8 Å². The third-order valence-corrected chi connectivity index (χ3v) is 6.57. The highest BCUT2D eigenvalue weighted by Crippen LogP contribution is 2.62. The molecule has 1 N–H and O–H groups in total. The minimum absolute atomic E-state index is 0.00655. The average molecular weight is 352 g/mol. The number of allylic oxidation sites excluding steroid dienone is 3. The summed E-state index contributed by atoms with van der Waals surface area (Å²) in [6.45, 7) is 4.01. The zero-order valence-electron chi connectivity index (χ0n) is 15.4. The van der Waals surface area contributed by atoms with Crippen molar-refractivity contribution in [3.05, 3.63) is 53.1 Å². The van der Waals surface area contributed by atoms with Gasteiger partial charge in [0.15, 0.2) is 11.6 Å². The van der Waals surface area contributed by atoms with E-state index in [-0.39, 0.29) is 28.8 Å². The summed E-state index contributed by atoms with van der Waals surface area (Å²) in [4.78, 5) is 27.3. The average Bonchev–Trinajstić information content (AvgIpc) is 2.64. The van der Waals surface area contributed by atoms with Crippen molar-refractivity contribution in [2.45, 2.75) is 38.7 Å². The maximum Gasteiger partial charge on any atom is 0.174 e. The number of hydrogen-bond acceptors (Lipinski definition) is 4. The van der Waals surface area contributed by atoms with Crippen LogP contribution in [-0.4, -0.2) is 29.4 Å². The van der Waals surface area contributed by atoms with Crippen LogP contribution in [0.25, 0.3) is 0 Å². The molecule has 0 aliphatic heterocycles. The van der Waals surface area contributed by atoms with Gasteiger partial charge in [-0.3, -0.25) is 9.59 Å². The number of aromatic hydroxyl groups is 1. The highest BCUT2D eigenvalue weighted by molar-refractivity contribution is 6.20. The van der Waals surface area contributed by atoms with Gasteiger partial charge in [-0.1, -0.05) is 35.9 Å². The van der Waals surface area contributed by atoms with Gasteiger partial charge in [0.25, 0.3) is 0 Å². The number of ether oxygens (including phenoxy) is 1. The number of phenols is 1. The molecule has 2 bridgehead atoms. The second kappa shape index (κ2) is 5.65. The van der Waals surface area contributed by atoms with Crippen molar-refractivity contribution in [1.29, 1.82) is 0 Å². The SMILES string of the molecule is CO[C@@]12C=C[C@@H](CC1)[C@@]1(CC=C(C)C)C(=O)c3cccc(O)c3C(=O)[C@H]12. The van der Waals surface area contributed by atoms with Crippen LogP contribution in [0.15, 0.2) is 42.0 Å². The van der Waals surface area contributed by atoms with Crippen molar-refractivity contribution in [3.8, 4) is 5.75 Å². The van der Waals surface area contributed by atoms with Gasteiger partial charge in [0.1, 0.15) is 5.75 Å². The Morgan fingerprint density at radius 1 is 1.35 bits per heavy atom. The summed E-state index contributed by atoms with van der Waals surface area (Å²) in [5.41, 5.74) is 0.0139. The van der Waals surface area contributed by atoms with Gasteiger partial charge in [-0.2, -0.15) is 0 Å². The summed E-state index contributed by atoms with van der Waals surface area (Å²) < 4.78 is 5.88. The first-order chi connectivity index (χ1) is 12.4. The number of rotatable bonds is 3. The predicted octanol–water partition coefficient (Wildman–Crippen LogP) is 4.10. The second-order valence-electron chi connectivity index (χ2n) is 8.02. The summed E-state index contributed by atoms with van der Waals surface area (Å²) in [6, 6.07) is 4.78. The fourth-order valence-corrected chi connectivity index (χ4v) is 5.32. The Labute approximate surface area is 153 Å². The molecule has 1 fully saturated rings. The fourth-order valence-electron chi connectivity index (χ4n) is 5.32. The van der Waals surface area contributed by atoms with Crippen molar-refractivity contribution < 1.29 is 19.4 Å². The Hall–Kier alpha value is -2.20. The number of hydrogen-bond donors (Lipinski definition) is 1. The van der Waals surface area contributed by atoms with E-state index in [1.165, 1.54) is 6.07 Å². The van der Waals surface area contributed by atoms with Crippen LogP contribution in [0.3, 0.4) is 0 Å². The minimum Gasteiger partial charge on any atom is -0.507 e. The predicted molar refractivity (Wildman–Crippen MR) is 98.3 cm³/mol. The molecule has 1 aromatic rings. The van der Waals surface area contributed by atoms with Gasteiger partial charge in [0.2, 0.25) is 0 Å². The van der Waals surface area contributed by atoms with E-state index < -0.39 is 16.9 Å². The van der Waals surface area contributed by atoms with Crippen molar-refractivity contribution in [1.82, 2.24) is 0 Å². The zero-order valence-corrected chi connectivity index (χ0v) is 15.4. The van der Waals surface area contributed by atoms with E-state index in [2.05, 4.69) is 12.2 Å². The quantitative estimate of drug-likeness (QED) is 0.832. The van der Waals surface area contributed by atoms with E-state index in [0.717, 1.165) is 12.0 Å². The smallest absolute Gasteiger partial charge is 0.174 e. The number of fused-ring (bicyclic) bond motifs is 2. The highest BCUT2D eigenvalue weighted by atomic mass is 16.5. The first-order valence-electron chi connectivity index (χ1n) is 9.16. The Morgan fingerprint density at radius 2 is 2.12 bits per heavy atom. The highest BCUT2D eigenvalue weighted by Gasteiger charge is 2.67. The molecule has 1 saturated carbocycles. The Bertz CT molecular complexity index is 861. The first kappa shape index (κ1) is 17.2. The summed E-state index contributed by atoms with van der Waals surface area (Å²) in [5, 5.41) is 10.3. The third-order valence-electron chi connectivity index (χ3n) is 6.57. The lowest BCUT2D eigenvalue weighted by molar-refractivity contribution is -0.102. The van der Waals surface area contributed by atoms with Gasteiger partial charge in [0.05, 0.1) is 22.5 Å².